The third-order valence-corrected chi connectivity index (χ3v) is 4.65. The average molecular weight is 259 g/mol. The first-order valence-corrected chi connectivity index (χ1v) is 6.74. The Hall–Kier alpha value is -0.700. The van der Waals surface area contributed by atoms with Gasteiger partial charge in [0.05, 0.1) is 0 Å². The zero-order chi connectivity index (χ0) is 10.7. The van der Waals surface area contributed by atoms with Crippen LogP contribution in [0.3, 0.4) is 0 Å². The van der Waals surface area contributed by atoms with Gasteiger partial charge in [0.25, 0.3) is 0 Å². The van der Waals surface area contributed by atoms with Gasteiger partial charge in [-0.25, -0.2) is 10.8 Å². The molecule has 0 radical (unpaired) electrons. The van der Waals surface area contributed by atoms with Crippen molar-refractivity contribution in [2.45, 2.75) is 17.0 Å². The van der Waals surface area contributed by atoms with Crippen LogP contribution >= 0.6 is 34.4 Å². The molecule has 3 N–H and O–H groups in total. The molecule has 0 amide bonds. The third-order valence-electron chi connectivity index (χ3n) is 1.52. The van der Waals surface area contributed by atoms with E-state index in [1.165, 1.54) is 4.88 Å². The molecule has 0 fully saturated rings. The lowest BCUT2D eigenvalue weighted by Gasteiger charge is -1.91. The molecule has 0 aliphatic rings. The smallest absolute Gasteiger partial charge is 0.197 e. The molecule has 0 aromatic carbocycles. The van der Waals surface area contributed by atoms with Gasteiger partial charge in [-0.05, 0) is 6.92 Å². The molecule has 2 heterocycles. The van der Waals surface area contributed by atoms with Crippen molar-refractivity contribution in [1.82, 2.24) is 15.2 Å². The van der Waals surface area contributed by atoms with Crippen LogP contribution in [0.5, 0.6) is 0 Å². The average Bonchev–Trinajstić information content (AvgIpc) is 2.83. The second-order valence-electron chi connectivity index (χ2n) is 2.65. The number of nitrogen functional groups attached to an aromatic ring is 1. The summed E-state index contributed by atoms with van der Waals surface area (Å²) in [4.78, 5) is 5.26. The van der Waals surface area contributed by atoms with Crippen LogP contribution in [-0.4, -0.2) is 15.2 Å². The fourth-order valence-electron chi connectivity index (χ4n) is 0.911. The van der Waals surface area contributed by atoms with Crippen molar-refractivity contribution < 1.29 is 0 Å². The van der Waals surface area contributed by atoms with Gasteiger partial charge in [0.2, 0.25) is 0 Å². The molecule has 0 saturated carbocycles. The number of hydrogen-bond donors (Lipinski definition) is 2. The highest BCUT2D eigenvalue weighted by Gasteiger charge is 2.04. The predicted molar refractivity (Wildman–Crippen MR) is 64.1 cm³/mol. The Morgan fingerprint density at radius 1 is 1.47 bits per heavy atom. The first-order valence-electron chi connectivity index (χ1n) is 4.12. The summed E-state index contributed by atoms with van der Waals surface area (Å²) in [5, 5.41) is 9.71. The van der Waals surface area contributed by atoms with Crippen molar-refractivity contribution in [2.24, 2.45) is 5.84 Å². The Morgan fingerprint density at radius 2 is 2.33 bits per heavy atom. The maximum Gasteiger partial charge on any atom is 0.197 e. The molecule has 0 aliphatic heterocycles. The lowest BCUT2D eigenvalue weighted by Crippen LogP contribution is -2.05. The summed E-state index contributed by atoms with van der Waals surface area (Å²) in [6.07, 6.45) is 1.82. The third kappa shape index (κ3) is 2.88. The van der Waals surface area contributed by atoms with Crippen LogP contribution < -0.4 is 11.3 Å². The van der Waals surface area contributed by atoms with E-state index >= 15 is 0 Å². The van der Waals surface area contributed by atoms with Crippen LogP contribution in [0.15, 0.2) is 10.5 Å². The zero-order valence-electron chi connectivity index (χ0n) is 7.93. The number of aromatic nitrogens is 3. The van der Waals surface area contributed by atoms with Crippen molar-refractivity contribution in [3.05, 3.63) is 16.1 Å². The topological polar surface area (TPSA) is 76.7 Å². The summed E-state index contributed by atoms with van der Waals surface area (Å²) >= 11 is 4.82. The minimum atomic E-state index is 0.735. The van der Waals surface area contributed by atoms with Crippen molar-refractivity contribution in [1.29, 1.82) is 0 Å². The fourth-order valence-corrected chi connectivity index (χ4v) is 3.47. The van der Waals surface area contributed by atoms with E-state index in [2.05, 4.69) is 20.6 Å². The molecule has 5 nitrogen and oxygen atoms in total. The van der Waals surface area contributed by atoms with E-state index in [4.69, 9.17) is 5.84 Å². The standard InChI is InChI=1S/C7H9N5S3/c1-4-11-12-7(14-4)13-3-5-2-9-6(10-8)15-5/h2H,3,8H2,1H3,(H,9,10). The molecule has 0 spiro atoms. The Balaban J connectivity index is 1.93. The molecule has 2 aromatic heterocycles. The Bertz CT molecular complexity index is 437. The molecule has 0 aliphatic carbocycles. The Labute approximate surface area is 99.1 Å². The summed E-state index contributed by atoms with van der Waals surface area (Å²) in [6, 6.07) is 0. The second-order valence-corrected chi connectivity index (χ2v) is 6.17. The van der Waals surface area contributed by atoms with E-state index in [1.807, 2.05) is 13.1 Å². The molecule has 0 bridgehead atoms. The van der Waals surface area contributed by atoms with E-state index < -0.39 is 0 Å². The molecule has 0 atom stereocenters. The number of thioether (sulfide) groups is 1. The van der Waals surface area contributed by atoms with Crippen LogP contribution in [0.25, 0.3) is 0 Å². The molecule has 0 unspecified atom stereocenters. The number of nitrogens with zero attached hydrogens (tertiary/aromatic N) is 3. The normalized spacial score (nSPS) is 10.5. The second kappa shape index (κ2) is 4.88. The Morgan fingerprint density at radius 3 is 2.93 bits per heavy atom. The molecular weight excluding hydrogens is 250 g/mol. The van der Waals surface area contributed by atoms with Crippen molar-refractivity contribution in [3.8, 4) is 0 Å². The number of thiazole rings is 1. The largest absolute Gasteiger partial charge is 0.300 e. The van der Waals surface area contributed by atoms with Crippen LogP contribution in [-0.2, 0) is 5.75 Å². The van der Waals surface area contributed by atoms with E-state index in [9.17, 15) is 0 Å². The summed E-state index contributed by atoms with van der Waals surface area (Å²) in [7, 11) is 0. The quantitative estimate of drug-likeness (QED) is 0.496. The minimum Gasteiger partial charge on any atom is -0.300 e. The van der Waals surface area contributed by atoms with Gasteiger partial charge in [-0.1, -0.05) is 23.1 Å². The van der Waals surface area contributed by atoms with Gasteiger partial charge >= 0.3 is 0 Å². The number of hydrogen-bond acceptors (Lipinski definition) is 8. The van der Waals surface area contributed by atoms with Crippen LogP contribution in [0.2, 0.25) is 0 Å². The SMILES string of the molecule is Cc1nnc(SCc2cnc(NN)s2)s1. The zero-order valence-corrected chi connectivity index (χ0v) is 10.4. The molecular formula is C7H9N5S3. The molecule has 8 heteroatoms. The lowest BCUT2D eigenvalue weighted by molar-refractivity contribution is 0.984. The summed E-state index contributed by atoms with van der Waals surface area (Å²) in [5.74, 6) is 6.10. The molecule has 0 saturated heterocycles. The molecule has 15 heavy (non-hydrogen) atoms. The molecule has 2 rings (SSSR count). The van der Waals surface area contributed by atoms with Gasteiger partial charge in [0.15, 0.2) is 9.47 Å². The van der Waals surface area contributed by atoms with Gasteiger partial charge in [0.1, 0.15) is 5.01 Å². The van der Waals surface area contributed by atoms with E-state index in [1.54, 1.807) is 34.4 Å². The van der Waals surface area contributed by atoms with Gasteiger partial charge < -0.3 is 0 Å². The lowest BCUT2D eigenvalue weighted by atomic mass is 10.6. The molecule has 80 valence electrons. The first kappa shape index (κ1) is 10.8. The number of aryl methyl sites for hydroxylation is 1. The molecule has 2 aromatic rings. The highest BCUT2D eigenvalue weighted by molar-refractivity contribution is 8.00. The maximum atomic E-state index is 5.24. The minimum absolute atomic E-state index is 0.735. The number of rotatable bonds is 4. The van der Waals surface area contributed by atoms with E-state index in [0.29, 0.717) is 0 Å². The predicted octanol–water partition coefficient (Wildman–Crippen LogP) is 1.88. The highest BCUT2D eigenvalue weighted by atomic mass is 32.2. The first-order chi connectivity index (χ1) is 7.28. The van der Waals surface area contributed by atoms with Gasteiger partial charge in [0, 0.05) is 16.8 Å². The highest BCUT2D eigenvalue weighted by Crippen LogP contribution is 2.28. The number of nitrogens with one attached hydrogen (secondary N) is 1. The van der Waals surface area contributed by atoms with Crippen LogP contribution in [0.1, 0.15) is 9.88 Å². The summed E-state index contributed by atoms with van der Waals surface area (Å²) < 4.78 is 0.989. The number of hydrazine groups is 1. The van der Waals surface area contributed by atoms with E-state index in [-0.39, 0.29) is 0 Å². The fraction of sp³-hybridized carbons (Fsp3) is 0.286. The Kier molecular flexibility index (Phi) is 3.52. The van der Waals surface area contributed by atoms with Crippen molar-refractivity contribution in [3.63, 3.8) is 0 Å². The summed E-state index contributed by atoms with van der Waals surface area (Å²) in [5.41, 5.74) is 2.52. The summed E-state index contributed by atoms with van der Waals surface area (Å²) in [6.45, 7) is 1.95. The number of nitrogens with two attached hydrogens (primary N) is 1. The number of anilines is 1. The monoisotopic (exact) mass is 259 g/mol. The van der Waals surface area contributed by atoms with Crippen LogP contribution in [0.4, 0.5) is 5.13 Å². The van der Waals surface area contributed by atoms with Gasteiger partial charge in [-0.2, -0.15) is 0 Å². The van der Waals surface area contributed by atoms with E-state index in [0.717, 1.165) is 20.2 Å². The van der Waals surface area contributed by atoms with Gasteiger partial charge in [-0.3, -0.25) is 5.43 Å². The maximum absolute atomic E-state index is 5.24. The van der Waals surface area contributed by atoms with Crippen molar-refractivity contribution >= 4 is 39.6 Å². The van der Waals surface area contributed by atoms with Crippen molar-refractivity contribution in [2.75, 3.05) is 5.43 Å². The van der Waals surface area contributed by atoms with Gasteiger partial charge in [-0.15, -0.1) is 21.5 Å². The van der Waals surface area contributed by atoms with Crippen LogP contribution in [0, 0.1) is 6.92 Å².